The fraction of sp³-hybridized carbons (Fsp3) is 0.500. The van der Waals surface area contributed by atoms with Crippen LogP contribution in [0.25, 0.3) is 0 Å². The maximum Gasteiger partial charge on any atom is 0.329 e. The van der Waals surface area contributed by atoms with E-state index in [1.165, 1.54) is 6.07 Å². The Balaban J connectivity index is 1.87. The lowest BCUT2D eigenvalue weighted by Gasteiger charge is -2.31. The number of piperidine rings is 1. The molecule has 1 aliphatic rings. The molecule has 1 saturated heterocycles. The summed E-state index contributed by atoms with van der Waals surface area (Å²) in [5.41, 5.74) is 0.352. The highest BCUT2D eigenvalue weighted by atomic mass is 35.5. The minimum Gasteiger partial charge on any atom is -0.480 e. The van der Waals surface area contributed by atoms with Crippen LogP contribution < -0.4 is 0 Å². The number of hydrogen-bond acceptors (Lipinski definition) is 3. The summed E-state index contributed by atoms with van der Waals surface area (Å²) in [6, 6.07) is 1.50. The molecule has 2 N–H and O–H groups in total. The van der Waals surface area contributed by atoms with E-state index in [-0.39, 0.29) is 23.8 Å². The number of amides is 1. The van der Waals surface area contributed by atoms with Crippen LogP contribution in [0.15, 0.2) is 6.07 Å². The Hall–Kier alpha value is -1.24. The number of aromatic nitrogens is 1. The van der Waals surface area contributed by atoms with Gasteiger partial charge < -0.3 is 19.7 Å². The highest BCUT2D eigenvalue weighted by Gasteiger charge is 2.25. The molecule has 20 heavy (non-hydrogen) atoms. The van der Waals surface area contributed by atoms with E-state index in [2.05, 4.69) is 4.98 Å². The molecule has 0 radical (unpaired) electrons. The number of ether oxygens (including phenoxy) is 1. The zero-order chi connectivity index (χ0) is 14.7. The van der Waals surface area contributed by atoms with Gasteiger partial charge in [0, 0.05) is 13.1 Å². The summed E-state index contributed by atoms with van der Waals surface area (Å²) in [5, 5.41) is 9.10. The van der Waals surface area contributed by atoms with E-state index in [4.69, 9.17) is 33.0 Å². The number of nitrogens with one attached hydrogen (secondary N) is 1. The van der Waals surface area contributed by atoms with Gasteiger partial charge in [0.2, 0.25) is 0 Å². The summed E-state index contributed by atoms with van der Waals surface area (Å²) < 4.78 is 5.21. The first-order chi connectivity index (χ1) is 9.47. The van der Waals surface area contributed by atoms with E-state index in [1.807, 2.05) is 0 Å². The van der Waals surface area contributed by atoms with Gasteiger partial charge in [-0.05, 0) is 18.9 Å². The smallest absolute Gasteiger partial charge is 0.329 e. The summed E-state index contributed by atoms with van der Waals surface area (Å²) in [7, 11) is 0. The second-order valence-electron chi connectivity index (χ2n) is 4.54. The predicted molar refractivity (Wildman–Crippen MR) is 73.3 cm³/mol. The minimum absolute atomic E-state index is 0.119. The molecule has 1 aromatic rings. The number of hydrogen-bond donors (Lipinski definition) is 2. The van der Waals surface area contributed by atoms with Gasteiger partial charge in [0.15, 0.2) is 0 Å². The van der Waals surface area contributed by atoms with Crippen molar-refractivity contribution in [3.05, 3.63) is 21.9 Å². The molecule has 8 heteroatoms. The maximum atomic E-state index is 12.2. The molecule has 0 saturated carbocycles. The van der Waals surface area contributed by atoms with Gasteiger partial charge >= 0.3 is 5.97 Å². The van der Waals surface area contributed by atoms with Crippen LogP contribution >= 0.6 is 23.2 Å². The molecule has 2 rings (SSSR count). The predicted octanol–water partition coefficient (Wildman–Crippen LogP) is 2.03. The van der Waals surface area contributed by atoms with Crippen molar-refractivity contribution in [2.45, 2.75) is 18.9 Å². The first-order valence-electron chi connectivity index (χ1n) is 6.14. The number of nitrogens with zero attached hydrogens (tertiary/aromatic N) is 1. The van der Waals surface area contributed by atoms with Gasteiger partial charge in [-0.15, -0.1) is 0 Å². The Kier molecular flexibility index (Phi) is 4.91. The average molecular weight is 321 g/mol. The van der Waals surface area contributed by atoms with Crippen molar-refractivity contribution in [2.24, 2.45) is 0 Å². The zero-order valence-electron chi connectivity index (χ0n) is 10.6. The number of carbonyl (C=O) groups excluding carboxylic acids is 1. The fourth-order valence-electron chi connectivity index (χ4n) is 2.10. The third-order valence-corrected chi connectivity index (χ3v) is 3.82. The van der Waals surface area contributed by atoms with Crippen LogP contribution in [0, 0.1) is 0 Å². The molecule has 1 aliphatic heterocycles. The van der Waals surface area contributed by atoms with Crippen LogP contribution in [0.3, 0.4) is 0 Å². The van der Waals surface area contributed by atoms with E-state index in [0.717, 1.165) is 0 Å². The molecule has 1 aromatic heterocycles. The van der Waals surface area contributed by atoms with Crippen LogP contribution in [0.4, 0.5) is 0 Å². The van der Waals surface area contributed by atoms with Gasteiger partial charge in [-0.2, -0.15) is 0 Å². The van der Waals surface area contributed by atoms with E-state index >= 15 is 0 Å². The molecule has 6 nitrogen and oxygen atoms in total. The molecule has 0 bridgehead atoms. The lowest BCUT2D eigenvalue weighted by atomic mass is 10.1. The molecule has 0 spiro atoms. The van der Waals surface area contributed by atoms with Crippen molar-refractivity contribution < 1.29 is 19.4 Å². The number of carbonyl (C=O) groups is 2. The largest absolute Gasteiger partial charge is 0.480 e. The molecule has 1 fully saturated rings. The highest BCUT2D eigenvalue weighted by Crippen LogP contribution is 2.23. The fourth-order valence-corrected chi connectivity index (χ4v) is 2.42. The van der Waals surface area contributed by atoms with Crippen LogP contribution in [0.2, 0.25) is 10.2 Å². The van der Waals surface area contributed by atoms with Crippen molar-refractivity contribution in [3.63, 3.8) is 0 Å². The average Bonchev–Trinajstić information content (AvgIpc) is 2.76. The number of likely N-dealkylation sites (tertiary alicyclic amines) is 1. The topological polar surface area (TPSA) is 82.6 Å². The van der Waals surface area contributed by atoms with Crippen molar-refractivity contribution in [1.29, 1.82) is 0 Å². The highest BCUT2D eigenvalue weighted by molar-refractivity contribution is 6.41. The molecule has 0 unspecified atom stereocenters. The number of halogens is 2. The zero-order valence-corrected chi connectivity index (χ0v) is 12.1. The number of rotatable bonds is 4. The summed E-state index contributed by atoms with van der Waals surface area (Å²) in [6.45, 7) is 0.717. The van der Waals surface area contributed by atoms with Gasteiger partial charge in [-0.1, -0.05) is 23.2 Å². The van der Waals surface area contributed by atoms with Crippen molar-refractivity contribution >= 4 is 35.1 Å². The lowest BCUT2D eigenvalue weighted by molar-refractivity contribution is -0.145. The van der Waals surface area contributed by atoms with Gasteiger partial charge in [0.05, 0.1) is 11.1 Å². The number of carboxylic acid groups (broad SMARTS) is 1. The third kappa shape index (κ3) is 3.65. The van der Waals surface area contributed by atoms with Gasteiger partial charge in [0.25, 0.3) is 5.91 Å². The SMILES string of the molecule is O=C(O)COC1CCN(C(=O)c2cc(Cl)c(Cl)[nH]2)CC1. The normalized spacial score (nSPS) is 16.4. The maximum absolute atomic E-state index is 12.2. The third-order valence-electron chi connectivity index (χ3n) is 3.13. The Bertz CT molecular complexity index is 490. The monoisotopic (exact) mass is 320 g/mol. The van der Waals surface area contributed by atoms with E-state index in [9.17, 15) is 9.59 Å². The number of aromatic amines is 1. The van der Waals surface area contributed by atoms with Crippen LogP contribution in [-0.2, 0) is 9.53 Å². The van der Waals surface area contributed by atoms with Crippen LogP contribution in [0.5, 0.6) is 0 Å². The minimum atomic E-state index is -0.987. The van der Waals surface area contributed by atoms with Gasteiger partial charge in [-0.3, -0.25) is 4.79 Å². The van der Waals surface area contributed by atoms with Gasteiger partial charge in [-0.25, -0.2) is 4.79 Å². The van der Waals surface area contributed by atoms with E-state index < -0.39 is 5.97 Å². The molecule has 0 atom stereocenters. The Morgan fingerprint density at radius 1 is 1.40 bits per heavy atom. The standard InChI is InChI=1S/C12H14Cl2N2O4/c13-8-5-9(15-11(8)14)12(19)16-3-1-7(2-4-16)20-6-10(17)18/h5,7,15H,1-4,6H2,(H,17,18). The second-order valence-corrected chi connectivity index (χ2v) is 5.33. The molecule has 2 heterocycles. The second kappa shape index (κ2) is 6.47. The first-order valence-corrected chi connectivity index (χ1v) is 6.89. The summed E-state index contributed by atoms with van der Waals surface area (Å²) in [5.74, 6) is -1.16. The first kappa shape index (κ1) is 15.2. The molecular formula is C12H14Cl2N2O4. The number of carboxylic acids is 1. The Labute approximate surface area is 125 Å². The molecule has 1 amide bonds. The molecular weight excluding hydrogens is 307 g/mol. The van der Waals surface area contributed by atoms with Crippen molar-refractivity contribution in [3.8, 4) is 0 Å². The van der Waals surface area contributed by atoms with Crippen LogP contribution in [-0.4, -0.2) is 52.7 Å². The number of aliphatic carboxylic acids is 1. The summed E-state index contributed by atoms with van der Waals surface area (Å²) in [4.78, 5) is 27.0. The quantitative estimate of drug-likeness (QED) is 0.889. The molecule has 0 aromatic carbocycles. The summed E-state index contributed by atoms with van der Waals surface area (Å²) in [6.07, 6.45) is 1.11. The molecule has 0 aliphatic carbocycles. The Morgan fingerprint density at radius 2 is 2.05 bits per heavy atom. The van der Waals surface area contributed by atoms with Gasteiger partial charge in [0.1, 0.15) is 17.5 Å². The van der Waals surface area contributed by atoms with E-state index in [1.54, 1.807) is 4.90 Å². The van der Waals surface area contributed by atoms with Crippen LogP contribution in [0.1, 0.15) is 23.3 Å². The lowest BCUT2D eigenvalue weighted by Crippen LogP contribution is -2.41. The number of H-pyrrole nitrogens is 1. The van der Waals surface area contributed by atoms with E-state index in [0.29, 0.717) is 36.6 Å². The summed E-state index contributed by atoms with van der Waals surface area (Å²) >= 11 is 11.6. The van der Waals surface area contributed by atoms with Crippen molar-refractivity contribution in [2.75, 3.05) is 19.7 Å². The molecule has 110 valence electrons. The Morgan fingerprint density at radius 3 is 2.55 bits per heavy atom. The van der Waals surface area contributed by atoms with Crippen molar-refractivity contribution in [1.82, 2.24) is 9.88 Å².